The number of thiazole rings is 1. The van der Waals surface area contributed by atoms with Crippen LogP contribution in [0.4, 0.5) is 13.2 Å². The Morgan fingerprint density at radius 1 is 1.25 bits per heavy atom. The summed E-state index contributed by atoms with van der Waals surface area (Å²) in [5.74, 6) is -3.92. The lowest BCUT2D eigenvalue weighted by Gasteiger charge is -2.00. The molecule has 0 aliphatic carbocycles. The van der Waals surface area contributed by atoms with Crippen LogP contribution in [-0.4, -0.2) is 19.1 Å². The van der Waals surface area contributed by atoms with Gasteiger partial charge in [0.15, 0.2) is 17.5 Å². The summed E-state index contributed by atoms with van der Waals surface area (Å²) in [5.41, 5.74) is 0.611. The first kappa shape index (κ1) is 15.0. The monoisotopic (exact) mass is 302 g/mol. The minimum Gasteiger partial charge on any atom is -0.378 e. The predicted octanol–water partition coefficient (Wildman–Crippen LogP) is 3.09. The number of hydrogen-bond donors (Lipinski definition) is 1. The molecule has 2 rings (SSSR count). The molecule has 3 nitrogen and oxygen atoms in total. The normalized spacial score (nSPS) is 11.1. The van der Waals surface area contributed by atoms with Gasteiger partial charge in [0.2, 0.25) is 0 Å². The van der Waals surface area contributed by atoms with Crippen molar-refractivity contribution < 1.29 is 17.9 Å². The van der Waals surface area contributed by atoms with Gasteiger partial charge in [-0.05, 0) is 19.2 Å². The Balaban J connectivity index is 2.47. The second-order valence-corrected chi connectivity index (χ2v) is 5.16. The highest BCUT2D eigenvalue weighted by Crippen LogP contribution is 2.31. The second kappa shape index (κ2) is 6.34. The molecule has 0 atom stereocenters. The molecule has 7 heteroatoms. The van der Waals surface area contributed by atoms with Gasteiger partial charge in [-0.3, -0.25) is 0 Å². The number of nitrogens with zero attached hydrogens (tertiary/aromatic N) is 1. The first-order valence-electron chi connectivity index (χ1n) is 5.84. The van der Waals surface area contributed by atoms with Crippen molar-refractivity contribution in [1.29, 1.82) is 0 Å². The third-order valence-corrected chi connectivity index (χ3v) is 3.79. The molecule has 0 radical (unpaired) electrons. The van der Waals surface area contributed by atoms with E-state index in [1.54, 1.807) is 7.05 Å². The van der Waals surface area contributed by atoms with Gasteiger partial charge in [0.05, 0.1) is 12.3 Å². The van der Waals surface area contributed by atoms with E-state index in [2.05, 4.69) is 10.3 Å². The van der Waals surface area contributed by atoms with Gasteiger partial charge in [-0.2, -0.15) is 0 Å². The van der Waals surface area contributed by atoms with Crippen molar-refractivity contribution in [2.75, 3.05) is 14.2 Å². The van der Waals surface area contributed by atoms with E-state index < -0.39 is 17.5 Å². The summed E-state index contributed by atoms with van der Waals surface area (Å²) in [6.07, 6.45) is 0. The molecule has 1 aromatic heterocycles. The lowest BCUT2D eigenvalue weighted by Crippen LogP contribution is -2.06. The summed E-state index contributed by atoms with van der Waals surface area (Å²) < 4.78 is 45.0. The molecule has 1 aromatic carbocycles. The molecule has 0 amide bonds. The van der Waals surface area contributed by atoms with Gasteiger partial charge >= 0.3 is 0 Å². The average Bonchev–Trinajstić information content (AvgIpc) is 2.80. The van der Waals surface area contributed by atoms with Crippen LogP contribution in [0.3, 0.4) is 0 Å². The predicted molar refractivity (Wildman–Crippen MR) is 70.9 cm³/mol. The molecule has 1 heterocycles. The van der Waals surface area contributed by atoms with E-state index in [-0.39, 0.29) is 12.2 Å². The maximum atomic E-state index is 13.8. The molecule has 0 spiro atoms. The van der Waals surface area contributed by atoms with Gasteiger partial charge in [0.1, 0.15) is 5.01 Å². The molecular formula is C13H13F3N2OS. The van der Waals surface area contributed by atoms with Crippen LogP contribution in [0.15, 0.2) is 12.1 Å². The Labute approximate surface area is 118 Å². The van der Waals surface area contributed by atoms with Crippen LogP contribution in [-0.2, 0) is 17.9 Å². The number of hydrogen-bond acceptors (Lipinski definition) is 4. The number of methoxy groups -OCH3 is 1. The molecule has 0 fully saturated rings. The number of benzene rings is 1. The zero-order valence-electron chi connectivity index (χ0n) is 11.0. The fraction of sp³-hybridized carbons (Fsp3) is 0.308. The van der Waals surface area contributed by atoms with E-state index in [1.165, 1.54) is 24.5 Å². The van der Waals surface area contributed by atoms with Crippen molar-refractivity contribution in [2.24, 2.45) is 0 Å². The number of nitrogens with one attached hydrogen (secondary N) is 1. The summed E-state index contributed by atoms with van der Waals surface area (Å²) in [7, 11) is 3.30. The van der Waals surface area contributed by atoms with E-state index in [0.29, 0.717) is 17.2 Å². The van der Waals surface area contributed by atoms with Crippen LogP contribution in [0, 0.1) is 17.5 Å². The van der Waals surface area contributed by atoms with Crippen molar-refractivity contribution in [2.45, 2.75) is 13.2 Å². The third-order valence-electron chi connectivity index (χ3n) is 2.66. The highest BCUT2D eigenvalue weighted by atomic mass is 32.1. The Morgan fingerprint density at radius 3 is 2.65 bits per heavy atom. The third kappa shape index (κ3) is 2.84. The standard InChI is InChI=1S/C13H13F3N2OS/c1-17-5-10-9(6-19-2)18-13(20-10)7-3-4-8(14)12(16)11(7)15/h3-4,17H,5-6H2,1-2H3. The minimum absolute atomic E-state index is 0.0476. The molecular weight excluding hydrogens is 289 g/mol. The van der Waals surface area contributed by atoms with Crippen LogP contribution in [0.25, 0.3) is 10.6 Å². The first-order chi connectivity index (χ1) is 9.58. The number of ether oxygens (including phenoxy) is 1. The Morgan fingerprint density at radius 2 is 2.00 bits per heavy atom. The van der Waals surface area contributed by atoms with E-state index in [4.69, 9.17) is 4.74 Å². The van der Waals surface area contributed by atoms with Gasteiger partial charge in [-0.15, -0.1) is 11.3 Å². The van der Waals surface area contributed by atoms with Gasteiger partial charge in [0.25, 0.3) is 0 Å². The van der Waals surface area contributed by atoms with Gasteiger partial charge in [0, 0.05) is 24.1 Å². The van der Waals surface area contributed by atoms with Crippen LogP contribution in [0.2, 0.25) is 0 Å². The first-order valence-corrected chi connectivity index (χ1v) is 6.66. The molecule has 108 valence electrons. The van der Waals surface area contributed by atoms with Crippen LogP contribution < -0.4 is 5.32 Å². The molecule has 0 saturated heterocycles. The van der Waals surface area contributed by atoms with Crippen molar-refractivity contribution in [1.82, 2.24) is 10.3 Å². The molecule has 0 aliphatic rings. The highest BCUT2D eigenvalue weighted by molar-refractivity contribution is 7.15. The number of halogens is 3. The Hall–Kier alpha value is -1.44. The highest BCUT2D eigenvalue weighted by Gasteiger charge is 2.19. The second-order valence-electron chi connectivity index (χ2n) is 4.08. The fourth-order valence-corrected chi connectivity index (χ4v) is 2.83. The zero-order chi connectivity index (χ0) is 14.7. The lowest BCUT2D eigenvalue weighted by molar-refractivity contribution is 0.181. The fourth-order valence-electron chi connectivity index (χ4n) is 1.74. The topological polar surface area (TPSA) is 34.2 Å². The quantitative estimate of drug-likeness (QED) is 0.862. The van der Waals surface area contributed by atoms with Crippen molar-refractivity contribution in [3.63, 3.8) is 0 Å². The summed E-state index contributed by atoms with van der Waals surface area (Å²) >= 11 is 1.22. The molecule has 0 bridgehead atoms. The zero-order valence-corrected chi connectivity index (χ0v) is 11.8. The van der Waals surface area contributed by atoms with Crippen LogP contribution >= 0.6 is 11.3 Å². The van der Waals surface area contributed by atoms with Crippen molar-refractivity contribution in [3.8, 4) is 10.6 Å². The molecule has 2 aromatic rings. The van der Waals surface area contributed by atoms with E-state index in [1.807, 2.05) is 0 Å². The van der Waals surface area contributed by atoms with E-state index in [0.717, 1.165) is 10.9 Å². The van der Waals surface area contributed by atoms with Crippen molar-refractivity contribution in [3.05, 3.63) is 40.2 Å². The number of aromatic nitrogens is 1. The summed E-state index contributed by atoms with van der Waals surface area (Å²) in [6, 6.07) is 2.08. The molecule has 0 saturated carbocycles. The average molecular weight is 302 g/mol. The van der Waals surface area contributed by atoms with Gasteiger partial charge < -0.3 is 10.1 Å². The molecule has 1 N–H and O–H groups in total. The van der Waals surface area contributed by atoms with Crippen LogP contribution in [0.1, 0.15) is 10.6 Å². The van der Waals surface area contributed by atoms with E-state index in [9.17, 15) is 13.2 Å². The van der Waals surface area contributed by atoms with Gasteiger partial charge in [-0.1, -0.05) is 0 Å². The maximum absolute atomic E-state index is 13.8. The van der Waals surface area contributed by atoms with Crippen molar-refractivity contribution >= 4 is 11.3 Å². The minimum atomic E-state index is -1.49. The Bertz CT molecular complexity index is 592. The molecule has 20 heavy (non-hydrogen) atoms. The van der Waals surface area contributed by atoms with Crippen LogP contribution in [0.5, 0.6) is 0 Å². The largest absolute Gasteiger partial charge is 0.378 e. The Kier molecular flexibility index (Phi) is 4.74. The smallest absolute Gasteiger partial charge is 0.195 e. The lowest BCUT2D eigenvalue weighted by atomic mass is 10.2. The molecule has 0 unspecified atom stereocenters. The summed E-state index contributed by atoms with van der Waals surface area (Å²) in [6.45, 7) is 0.820. The summed E-state index contributed by atoms with van der Waals surface area (Å²) in [5, 5.41) is 3.27. The van der Waals surface area contributed by atoms with Gasteiger partial charge in [-0.25, -0.2) is 18.2 Å². The SMILES string of the molecule is CNCc1sc(-c2ccc(F)c(F)c2F)nc1COC. The maximum Gasteiger partial charge on any atom is 0.195 e. The molecule has 0 aliphatic heterocycles. The van der Waals surface area contributed by atoms with E-state index >= 15 is 0 Å². The summed E-state index contributed by atoms with van der Waals surface area (Å²) in [4.78, 5) is 5.11. The number of rotatable bonds is 5.